The Bertz CT molecular complexity index is 1400. The van der Waals surface area contributed by atoms with Crippen molar-refractivity contribution in [2.24, 2.45) is 0 Å². The number of aromatic nitrogens is 1. The van der Waals surface area contributed by atoms with Gasteiger partial charge >= 0.3 is 11.9 Å². The zero-order chi connectivity index (χ0) is 23.8. The monoisotopic (exact) mass is 441 g/mol. The summed E-state index contributed by atoms with van der Waals surface area (Å²) in [4.78, 5) is 35.7. The summed E-state index contributed by atoms with van der Waals surface area (Å²) in [7, 11) is 0. The van der Waals surface area contributed by atoms with Gasteiger partial charge in [-0.05, 0) is 36.9 Å². The van der Waals surface area contributed by atoms with Crippen molar-refractivity contribution in [2.45, 2.75) is 13.8 Å². The molecular weight excluding hydrogens is 418 g/mol. The van der Waals surface area contributed by atoms with Crippen LogP contribution in [0.1, 0.15) is 24.2 Å². The first-order valence-electron chi connectivity index (χ1n) is 10.4. The Labute approximate surface area is 191 Å². The minimum Gasteiger partial charge on any atom is -0.462 e. The molecule has 4 aromatic rings. The summed E-state index contributed by atoms with van der Waals surface area (Å²) in [6, 6.07) is 20.6. The van der Waals surface area contributed by atoms with Crippen LogP contribution in [-0.4, -0.2) is 29.6 Å². The van der Waals surface area contributed by atoms with E-state index < -0.39 is 11.9 Å². The second-order valence-electron chi connectivity index (χ2n) is 6.85. The van der Waals surface area contributed by atoms with Crippen LogP contribution < -0.4 is 5.56 Å². The number of terminal acetylenes is 1. The van der Waals surface area contributed by atoms with Crippen LogP contribution >= 0.6 is 0 Å². The minimum atomic E-state index is -0.595. The van der Waals surface area contributed by atoms with E-state index in [4.69, 9.17) is 4.74 Å². The molecule has 0 N–H and O–H groups in total. The number of carbonyl (C=O) groups excluding carboxylic acids is 2. The second-order valence-corrected chi connectivity index (χ2v) is 6.85. The molecule has 166 valence electrons. The maximum Gasteiger partial charge on any atom is 0.384 e. The van der Waals surface area contributed by atoms with Crippen molar-refractivity contribution in [3.05, 3.63) is 88.8 Å². The zero-order valence-corrected chi connectivity index (χ0v) is 18.4. The number of esters is 2. The molecular formula is C27H23NO5. The fraction of sp³-hybridized carbons (Fsp3) is 0.148. The number of benzene rings is 2. The highest BCUT2D eigenvalue weighted by molar-refractivity contribution is 6.08. The molecule has 0 atom stereocenters. The van der Waals surface area contributed by atoms with Gasteiger partial charge in [0.25, 0.3) is 5.56 Å². The van der Waals surface area contributed by atoms with Crippen LogP contribution in [0.15, 0.2) is 77.7 Å². The Morgan fingerprint density at radius 2 is 1.61 bits per heavy atom. The molecule has 0 saturated heterocycles. The molecule has 2 aromatic heterocycles. The lowest BCUT2D eigenvalue weighted by atomic mass is 10.0. The van der Waals surface area contributed by atoms with Crippen LogP contribution in [0.5, 0.6) is 0 Å². The third kappa shape index (κ3) is 5.10. The highest BCUT2D eigenvalue weighted by Crippen LogP contribution is 2.26. The molecule has 0 radical (unpaired) electrons. The maximum absolute atomic E-state index is 13.1. The van der Waals surface area contributed by atoms with Gasteiger partial charge in [-0.2, -0.15) is 0 Å². The lowest BCUT2D eigenvalue weighted by Crippen LogP contribution is -2.20. The number of carbonyl (C=O) groups is 2. The van der Waals surface area contributed by atoms with Gasteiger partial charge in [0.1, 0.15) is 0 Å². The summed E-state index contributed by atoms with van der Waals surface area (Å²) >= 11 is 0. The topological polar surface area (TPSA) is 74.1 Å². The van der Waals surface area contributed by atoms with Gasteiger partial charge in [0.2, 0.25) is 0 Å². The van der Waals surface area contributed by atoms with E-state index in [1.165, 1.54) is 4.40 Å². The summed E-state index contributed by atoms with van der Waals surface area (Å²) in [6.07, 6.45) is 6.35. The van der Waals surface area contributed by atoms with Gasteiger partial charge < -0.3 is 9.47 Å². The van der Waals surface area contributed by atoms with Gasteiger partial charge in [-0.25, -0.2) is 9.59 Å². The molecule has 33 heavy (non-hydrogen) atoms. The average Bonchev–Trinajstić information content (AvgIpc) is 2.85. The summed E-state index contributed by atoms with van der Waals surface area (Å²) in [5, 5.41) is 1.81. The predicted octanol–water partition coefficient (Wildman–Crippen LogP) is 4.48. The summed E-state index contributed by atoms with van der Waals surface area (Å²) < 4.78 is 11.1. The van der Waals surface area contributed by atoms with Crippen LogP contribution in [0.4, 0.5) is 0 Å². The Morgan fingerprint density at radius 1 is 0.939 bits per heavy atom. The summed E-state index contributed by atoms with van der Waals surface area (Å²) in [5.74, 6) is 0.778. The van der Waals surface area contributed by atoms with Gasteiger partial charge in [0.05, 0.1) is 24.3 Å². The molecule has 0 unspecified atom stereocenters. The van der Waals surface area contributed by atoms with Gasteiger partial charge in [0, 0.05) is 23.1 Å². The van der Waals surface area contributed by atoms with Crippen molar-refractivity contribution >= 4 is 28.2 Å². The van der Waals surface area contributed by atoms with E-state index in [0.717, 1.165) is 16.3 Å². The number of ether oxygens (including phenoxy) is 2. The lowest BCUT2D eigenvalue weighted by Gasteiger charge is -2.13. The molecule has 0 aliphatic rings. The molecule has 6 heteroatoms. The maximum atomic E-state index is 13.1. The first-order valence-corrected chi connectivity index (χ1v) is 10.4. The van der Waals surface area contributed by atoms with E-state index in [2.05, 4.69) is 11.2 Å². The highest BCUT2D eigenvalue weighted by Gasteiger charge is 2.19. The molecule has 0 amide bonds. The van der Waals surface area contributed by atoms with Crippen LogP contribution in [0.2, 0.25) is 0 Å². The smallest absolute Gasteiger partial charge is 0.384 e. The number of pyridine rings is 2. The van der Waals surface area contributed by atoms with Crippen LogP contribution in [0.3, 0.4) is 0 Å². The largest absolute Gasteiger partial charge is 0.462 e. The molecule has 0 aliphatic carbocycles. The van der Waals surface area contributed by atoms with Crippen LogP contribution in [-0.2, 0) is 14.3 Å². The van der Waals surface area contributed by atoms with Crippen LogP contribution in [0.25, 0.3) is 27.4 Å². The standard InChI is InChI=1S/C22H17NO3.C5H6O2/c1-2-26-22(25)19-14-18(15-8-4-3-5-9-15)21(24)23-13-12-16-10-6-7-11-17(16)20(19)23;1-3-5(6)7-4-2/h3-14H,2H2,1H3;1H,4H2,2H3. The van der Waals surface area contributed by atoms with Gasteiger partial charge in [-0.15, -0.1) is 6.42 Å². The van der Waals surface area contributed by atoms with Gasteiger partial charge in [-0.3, -0.25) is 9.20 Å². The predicted molar refractivity (Wildman–Crippen MR) is 128 cm³/mol. The van der Waals surface area contributed by atoms with E-state index >= 15 is 0 Å². The van der Waals surface area contributed by atoms with Crippen molar-refractivity contribution < 1.29 is 19.1 Å². The van der Waals surface area contributed by atoms with Crippen molar-refractivity contribution in [3.8, 4) is 23.5 Å². The zero-order valence-electron chi connectivity index (χ0n) is 18.4. The number of rotatable bonds is 4. The number of hydrogen-bond acceptors (Lipinski definition) is 5. The molecule has 0 bridgehead atoms. The molecule has 0 spiro atoms. The molecule has 0 saturated carbocycles. The molecule has 0 fully saturated rings. The SMILES string of the molecule is C#CC(=O)OCC.CCOC(=O)c1cc(-c2ccccc2)c(=O)n2ccc3ccccc3c12. The van der Waals surface area contributed by atoms with E-state index in [1.54, 1.807) is 32.0 Å². The molecule has 2 heterocycles. The summed E-state index contributed by atoms with van der Waals surface area (Å²) in [6.45, 7) is 4.10. The fourth-order valence-electron chi connectivity index (χ4n) is 3.43. The summed E-state index contributed by atoms with van der Waals surface area (Å²) in [5.41, 5.74) is 2.05. The lowest BCUT2D eigenvalue weighted by molar-refractivity contribution is -0.136. The van der Waals surface area contributed by atoms with Gasteiger partial charge in [-0.1, -0.05) is 54.6 Å². The van der Waals surface area contributed by atoms with E-state index in [9.17, 15) is 14.4 Å². The third-order valence-corrected chi connectivity index (χ3v) is 4.83. The van der Waals surface area contributed by atoms with Crippen molar-refractivity contribution in [1.29, 1.82) is 0 Å². The Balaban J connectivity index is 0.000000383. The minimum absolute atomic E-state index is 0.162. The van der Waals surface area contributed by atoms with E-state index in [1.807, 2.05) is 60.7 Å². The number of nitrogens with zero attached hydrogens (tertiary/aromatic N) is 1. The first kappa shape index (κ1) is 23.3. The Hall–Kier alpha value is -4.37. The van der Waals surface area contributed by atoms with Crippen LogP contribution in [0, 0.1) is 12.3 Å². The fourth-order valence-corrected chi connectivity index (χ4v) is 3.43. The van der Waals surface area contributed by atoms with E-state index in [0.29, 0.717) is 23.3 Å². The number of hydrogen-bond donors (Lipinski definition) is 0. The average molecular weight is 441 g/mol. The van der Waals surface area contributed by atoms with Gasteiger partial charge in [0.15, 0.2) is 0 Å². The molecule has 2 aromatic carbocycles. The highest BCUT2D eigenvalue weighted by atomic mass is 16.5. The van der Waals surface area contributed by atoms with Crippen molar-refractivity contribution in [2.75, 3.05) is 13.2 Å². The first-order chi connectivity index (χ1) is 16.0. The molecule has 6 nitrogen and oxygen atoms in total. The quantitative estimate of drug-likeness (QED) is 0.202. The Morgan fingerprint density at radius 3 is 2.24 bits per heavy atom. The second kappa shape index (κ2) is 10.8. The van der Waals surface area contributed by atoms with E-state index in [-0.39, 0.29) is 12.2 Å². The normalized spacial score (nSPS) is 10.1. The number of fused-ring (bicyclic) bond motifs is 3. The molecule has 0 aliphatic heterocycles. The third-order valence-electron chi connectivity index (χ3n) is 4.83. The Kier molecular flexibility index (Phi) is 7.61. The van der Waals surface area contributed by atoms with Crippen molar-refractivity contribution in [3.63, 3.8) is 0 Å². The van der Waals surface area contributed by atoms with Crippen molar-refractivity contribution in [1.82, 2.24) is 4.40 Å². The molecule has 4 rings (SSSR count).